The van der Waals surface area contributed by atoms with Crippen molar-refractivity contribution in [1.29, 1.82) is 0 Å². The van der Waals surface area contributed by atoms with Gasteiger partial charge in [0.05, 0.1) is 0 Å². The summed E-state index contributed by atoms with van der Waals surface area (Å²) in [5.41, 5.74) is -1.27. The second-order valence-electron chi connectivity index (χ2n) is 4.26. The van der Waals surface area contributed by atoms with Gasteiger partial charge in [-0.1, -0.05) is 30.3 Å². The Bertz CT molecular complexity index is 558. The number of benzene rings is 1. The van der Waals surface area contributed by atoms with Crippen LogP contribution in [0, 0.1) is 0 Å². The van der Waals surface area contributed by atoms with Gasteiger partial charge in [0, 0.05) is 6.08 Å². The Morgan fingerprint density at radius 3 is 2.10 bits per heavy atom. The number of hydrogen-bond donors (Lipinski definition) is 0. The number of alkyl halides is 6. The third-order valence-electron chi connectivity index (χ3n) is 2.71. The van der Waals surface area contributed by atoms with Gasteiger partial charge in [-0.3, -0.25) is 4.99 Å². The van der Waals surface area contributed by atoms with E-state index < -0.39 is 36.5 Å². The van der Waals surface area contributed by atoms with Crippen molar-refractivity contribution < 1.29 is 31.1 Å². The van der Waals surface area contributed by atoms with Crippen molar-refractivity contribution in [2.45, 2.75) is 18.4 Å². The first-order valence-corrected chi connectivity index (χ1v) is 5.79. The lowest BCUT2D eigenvalue weighted by Gasteiger charge is -2.15. The molecule has 0 radical (unpaired) electrons. The van der Waals surface area contributed by atoms with Crippen LogP contribution in [0.5, 0.6) is 0 Å². The summed E-state index contributed by atoms with van der Waals surface area (Å²) in [6.07, 6.45) is -10.1. The Labute approximate surface area is 115 Å². The highest BCUT2D eigenvalue weighted by Crippen LogP contribution is 2.33. The Morgan fingerprint density at radius 1 is 0.952 bits per heavy atom. The molecule has 0 bridgehead atoms. The van der Waals surface area contributed by atoms with E-state index in [-0.39, 0.29) is 6.08 Å². The van der Waals surface area contributed by atoms with Crippen molar-refractivity contribution in [3.63, 3.8) is 0 Å². The molecule has 0 amide bonds. The van der Waals surface area contributed by atoms with Gasteiger partial charge < -0.3 is 4.74 Å². The molecule has 1 heterocycles. The maximum absolute atomic E-state index is 12.8. The third-order valence-corrected chi connectivity index (χ3v) is 2.71. The minimum absolute atomic E-state index is 0.108. The quantitative estimate of drug-likeness (QED) is 0.712. The van der Waals surface area contributed by atoms with Gasteiger partial charge in [0.15, 0.2) is 0 Å². The monoisotopic (exact) mass is 309 g/mol. The van der Waals surface area contributed by atoms with Crippen LogP contribution in [0.1, 0.15) is 11.6 Å². The summed E-state index contributed by atoms with van der Waals surface area (Å²) in [5.74, 6) is -1.70. The normalized spacial score (nSPS) is 20.2. The molecule has 8 heteroatoms. The highest BCUT2D eigenvalue weighted by atomic mass is 19.4. The molecule has 21 heavy (non-hydrogen) atoms. The number of nitrogens with zero attached hydrogens (tertiary/aromatic N) is 1. The first-order valence-electron chi connectivity index (χ1n) is 5.79. The van der Waals surface area contributed by atoms with E-state index in [0.717, 1.165) is 0 Å². The highest BCUT2D eigenvalue weighted by Gasteiger charge is 2.43. The van der Waals surface area contributed by atoms with Gasteiger partial charge in [0.2, 0.25) is 5.76 Å². The van der Waals surface area contributed by atoms with Crippen LogP contribution in [-0.4, -0.2) is 24.7 Å². The molecule has 1 aliphatic rings. The predicted octanol–water partition coefficient (Wildman–Crippen LogP) is 4.21. The number of hydrogen-bond acceptors (Lipinski definition) is 2. The zero-order chi connectivity index (χ0) is 15.7. The number of allylic oxidation sites excluding steroid dienone is 2. The molecule has 1 aromatic rings. The van der Waals surface area contributed by atoms with E-state index in [0.29, 0.717) is 5.56 Å². The molecule has 0 saturated heterocycles. The average molecular weight is 309 g/mol. The molecule has 0 aromatic heterocycles. The van der Waals surface area contributed by atoms with E-state index in [4.69, 9.17) is 0 Å². The Morgan fingerprint density at radius 2 is 1.57 bits per heavy atom. The van der Waals surface area contributed by atoms with Crippen LogP contribution in [0.2, 0.25) is 0 Å². The van der Waals surface area contributed by atoms with Crippen molar-refractivity contribution in [2.24, 2.45) is 4.99 Å². The predicted molar refractivity (Wildman–Crippen MR) is 62.8 cm³/mol. The van der Waals surface area contributed by atoms with Crippen molar-refractivity contribution in [2.75, 3.05) is 6.61 Å². The molecule has 2 nitrogen and oxygen atoms in total. The smallest absolute Gasteiger partial charge is 0.448 e. The van der Waals surface area contributed by atoms with Crippen LogP contribution in [0.3, 0.4) is 0 Å². The van der Waals surface area contributed by atoms with Crippen molar-refractivity contribution in [1.82, 2.24) is 0 Å². The van der Waals surface area contributed by atoms with Crippen LogP contribution in [-0.2, 0) is 4.74 Å². The third kappa shape index (κ3) is 3.77. The minimum atomic E-state index is -5.00. The fraction of sp³-hybridized carbons (Fsp3) is 0.308. The summed E-state index contributed by atoms with van der Waals surface area (Å²) >= 11 is 0. The second-order valence-corrected chi connectivity index (χ2v) is 4.26. The minimum Gasteiger partial charge on any atom is -0.486 e. The standard InChI is InChI=1S/C13H9F6NO/c14-12(15,16)10-6-11(13(17,18)19)21-7-9(20-10)8-4-2-1-3-5-8/h1-6,9H,7H2/t9-/m0/s1. The van der Waals surface area contributed by atoms with Gasteiger partial charge >= 0.3 is 12.4 Å². The largest absolute Gasteiger partial charge is 0.486 e. The number of rotatable bonds is 1. The molecule has 1 aliphatic heterocycles. The first-order chi connectivity index (χ1) is 9.68. The van der Waals surface area contributed by atoms with E-state index in [2.05, 4.69) is 9.73 Å². The van der Waals surface area contributed by atoms with Crippen molar-refractivity contribution >= 4 is 5.71 Å². The summed E-state index contributed by atoms with van der Waals surface area (Å²) in [6.45, 7) is -0.616. The molecular weight excluding hydrogens is 300 g/mol. The fourth-order valence-electron chi connectivity index (χ4n) is 1.74. The lowest BCUT2D eigenvalue weighted by Crippen LogP contribution is -2.23. The molecule has 1 atom stereocenters. The maximum Gasteiger partial charge on any atom is 0.448 e. The number of ether oxygens (including phenoxy) is 1. The van der Waals surface area contributed by atoms with Crippen LogP contribution in [0.4, 0.5) is 26.3 Å². The second kappa shape index (κ2) is 5.42. The first kappa shape index (κ1) is 15.4. The van der Waals surface area contributed by atoms with Gasteiger partial charge in [-0.05, 0) is 5.56 Å². The maximum atomic E-state index is 12.8. The summed E-state index contributed by atoms with van der Waals surface area (Å²) < 4.78 is 80.6. The molecule has 0 fully saturated rings. The van der Waals surface area contributed by atoms with Gasteiger partial charge in [-0.2, -0.15) is 26.3 Å². The fourth-order valence-corrected chi connectivity index (χ4v) is 1.74. The Balaban J connectivity index is 2.41. The lowest BCUT2D eigenvalue weighted by atomic mass is 10.1. The number of halogens is 6. The highest BCUT2D eigenvalue weighted by molar-refractivity contribution is 6.00. The molecule has 0 unspecified atom stereocenters. The van der Waals surface area contributed by atoms with E-state index in [1.54, 1.807) is 18.2 Å². The van der Waals surface area contributed by atoms with Crippen molar-refractivity contribution in [3.8, 4) is 0 Å². The van der Waals surface area contributed by atoms with E-state index in [1.807, 2.05) is 0 Å². The molecule has 1 aromatic carbocycles. The van der Waals surface area contributed by atoms with E-state index >= 15 is 0 Å². The SMILES string of the molecule is FC(F)(F)C1=CC(C(F)(F)F)=N[C@H](c2ccccc2)CO1. The summed E-state index contributed by atoms with van der Waals surface area (Å²) in [5, 5.41) is 0. The van der Waals surface area contributed by atoms with Gasteiger partial charge in [-0.25, -0.2) is 0 Å². The zero-order valence-corrected chi connectivity index (χ0v) is 10.4. The average Bonchev–Trinajstić information content (AvgIpc) is 2.61. The lowest BCUT2D eigenvalue weighted by molar-refractivity contribution is -0.131. The molecule has 0 spiro atoms. The zero-order valence-electron chi connectivity index (χ0n) is 10.4. The Kier molecular flexibility index (Phi) is 3.97. The van der Waals surface area contributed by atoms with Gasteiger partial charge in [0.25, 0.3) is 0 Å². The van der Waals surface area contributed by atoms with Crippen LogP contribution in [0.15, 0.2) is 47.2 Å². The molecule has 0 saturated carbocycles. The van der Waals surface area contributed by atoms with Gasteiger partial charge in [-0.15, -0.1) is 0 Å². The van der Waals surface area contributed by atoms with Gasteiger partial charge in [0.1, 0.15) is 18.4 Å². The van der Waals surface area contributed by atoms with Crippen LogP contribution < -0.4 is 0 Å². The van der Waals surface area contributed by atoms with Crippen LogP contribution in [0.25, 0.3) is 0 Å². The molecule has 2 rings (SSSR count). The summed E-state index contributed by atoms with van der Waals surface area (Å²) in [7, 11) is 0. The number of aliphatic imine (C=N–C) groups is 1. The van der Waals surface area contributed by atoms with E-state index in [1.165, 1.54) is 12.1 Å². The van der Waals surface area contributed by atoms with Crippen molar-refractivity contribution in [3.05, 3.63) is 47.7 Å². The molecule has 0 N–H and O–H groups in total. The summed E-state index contributed by atoms with van der Waals surface area (Å²) in [4.78, 5) is 3.37. The van der Waals surface area contributed by atoms with E-state index in [9.17, 15) is 26.3 Å². The summed E-state index contributed by atoms with van der Waals surface area (Å²) in [6, 6.07) is 6.55. The topological polar surface area (TPSA) is 21.6 Å². The molecule has 114 valence electrons. The van der Waals surface area contributed by atoms with Crippen LogP contribution >= 0.6 is 0 Å². The Hall–Kier alpha value is -1.99. The molecular formula is C13H9F6NO. The molecule has 0 aliphatic carbocycles.